The predicted octanol–water partition coefficient (Wildman–Crippen LogP) is 7.13. The highest BCUT2D eigenvalue weighted by Gasteiger charge is 2.27. The number of methoxy groups -OCH3 is 1. The number of nitrogens with zero attached hydrogens (tertiary/aromatic N) is 4. The van der Waals surface area contributed by atoms with Gasteiger partial charge in [-0.3, -0.25) is 0 Å². The molecule has 0 radical (unpaired) electrons. The molecule has 1 aliphatic rings. The van der Waals surface area contributed by atoms with Crippen LogP contribution in [-0.4, -0.2) is 117 Å². The Balaban J connectivity index is 1.23. The Morgan fingerprint density at radius 3 is 2.18 bits per heavy atom. The third kappa shape index (κ3) is 14.6. The van der Waals surface area contributed by atoms with Crippen molar-refractivity contribution in [3.8, 4) is 17.0 Å². The maximum absolute atomic E-state index is 14.2. The highest BCUT2D eigenvalue weighted by atomic mass is 35.5. The van der Waals surface area contributed by atoms with Gasteiger partial charge in [-0.15, -0.1) is 0 Å². The second kappa shape index (κ2) is 23.4. The van der Waals surface area contributed by atoms with Crippen molar-refractivity contribution in [2.24, 2.45) is 10.7 Å². The van der Waals surface area contributed by atoms with E-state index in [9.17, 15) is 9.18 Å². The number of hydrogen-bond donors (Lipinski definition) is 3. The van der Waals surface area contributed by atoms with Crippen molar-refractivity contribution >= 4 is 40.4 Å². The van der Waals surface area contributed by atoms with Crippen molar-refractivity contribution in [2.75, 3.05) is 78.5 Å². The van der Waals surface area contributed by atoms with Crippen LogP contribution >= 0.6 is 11.6 Å². The van der Waals surface area contributed by atoms with Gasteiger partial charge in [-0.05, 0) is 76.6 Å². The third-order valence-corrected chi connectivity index (χ3v) is 9.86. The van der Waals surface area contributed by atoms with Gasteiger partial charge in [-0.1, -0.05) is 18.5 Å². The minimum Gasteiger partial charge on any atom is -0.475 e. The van der Waals surface area contributed by atoms with Gasteiger partial charge < -0.3 is 49.5 Å². The zero-order valence-corrected chi connectivity index (χ0v) is 36.0. The monoisotopic (exact) mass is 855 g/mol. The smallest absolute Gasteiger partial charge is 0.407 e. The Hall–Kier alpha value is -4.58. The second-order valence-electron chi connectivity index (χ2n) is 15.2. The molecule has 5 rings (SSSR count). The topological polar surface area (TPSA) is 174 Å². The Kier molecular flexibility index (Phi) is 18.1. The van der Waals surface area contributed by atoms with E-state index in [2.05, 4.69) is 27.5 Å². The Bertz CT molecular complexity index is 2000. The zero-order chi connectivity index (χ0) is 42.9. The van der Waals surface area contributed by atoms with E-state index in [1.807, 2.05) is 39.1 Å². The summed E-state index contributed by atoms with van der Waals surface area (Å²) in [6.07, 6.45) is 8.78. The first-order chi connectivity index (χ1) is 28.9. The number of pyridine rings is 1. The summed E-state index contributed by atoms with van der Waals surface area (Å²) < 4.78 is 54.3. The van der Waals surface area contributed by atoms with Gasteiger partial charge in [0.05, 0.1) is 93.1 Å². The molecule has 1 aromatic carbocycles. The molecule has 0 saturated heterocycles. The number of aryl methyl sites for hydroxylation is 1. The molecule has 0 spiro atoms. The Morgan fingerprint density at radius 2 is 1.55 bits per heavy atom. The number of benzene rings is 1. The van der Waals surface area contributed by atoms with Gasteiger partial charge in [0.1, 0.15) is 23.9 Å². The normalized spacial score (nSPS) is 15.9. The Labute approximate surface area is 356 Å². The van der Waals surface area contributed by atoms with E-state index in [1.54, 1.807) is 24.0 Å². The molecule has 0 unspecified atom stereocenters. The first kappa shape index (κ1) is 46.5. The van der Waals surface area contributed by atoms with E-state index in [4.69, 9.17) is 55.6 Å². The summed E-state index contributed by atoms with van der Waals surface area (Å²) in [7, 11) is 1.64. The summed E-state index contributed by atoms with van der Waals surface area (Å²) in [5, 5.41) is 11.7. The molecule has 1 saturated carbocycles. The number of halogens is 2. The molecule has 17 heteroatoms. The number of fused-ring (bicyclic) bond motifs is 1. The summed E-state index contributed by atoms with van der Waals surface area (Å²) in [6, 6.07) is 7.98. The minimum absolute atomic E-state index is 0.00473. The molecule has 15 nitrogen and oxygen atoms in total. The van der Waals surface area contributed by atoms with Gasteiger partial charge in [0.15, 0.2) is 0 Å². The summed E-state index contributed by atoms with van der Waals surface area (Å²) in [4.78, 5) is 21.6. The van der Waals surface area contributed by atoms with Gasteiger partial charge in [-0.25, -0.2) is 23.7 Å². The van der Waals surface area contributed by atoms with Crippen LogP contribution in [0.2, 0.25) is 5.02 Å². The average molecular weight is 856 g/mol. The molecule has 0 atom stereocenters. The van der Waals surface area contributed by atoms with Crippen molar-refractivity contribution in [1.29, 1.82) is 0 Å². The standard InChI is InChI=1S/C43H59ClFN7O8/c1-6-29-24-39(59-22-21-58-20-19-57-18-17-56-16-15-55-14-13-54-5)47-26-34(29)30-23-38-40(49-32-8-10-33(11-9-32)50-42(53)60-43(2,3)4)35(27-48-52(38)28-30)41(46)51-37-25-31(45)7-12-36(37)44/h7,12,23-28,32-33,49H,6,8-11,13-22H2,1-5H3,(H2,46,51)(H,50,53)/t32-,33-. The summed E-state index contributed by atoms with van der Waals surface area (Å²) >= 11 is 6.36. The highest BCUT2D eigenvalue weighted by molar-refractivity contribution is 6.33. The maximum atomic E-state index is 14.2. The fourth-order valence-corrected chi connectivity index (χ4v) is 6.75. The number of aliphatic imine (C=N–C) groups is 1. The van der Waals surface area contributed by atoms with Crippen LogP contribution in [-0.2, 0) is 34.8 Å². The predicted molar refractivity (Wildman–Crippen MR) is 229 cm³/mol. The number of nitrogens with one attached hydrogen (secondary N) is 2. The van der Waals surface area contributed by atoms with Gasteiger partial charge in [0.25, 0.3) is 0 Å². The van der Waals surface area contributed by atoms with Crippen molar-refractivity contribution < 1.29 is 42.3 Å². The maximum Gasteiger partial charge on any atom is 0.407 e. The van der Waals surface area contributed by atoms with Crippen molar-refractivity contribution in [3.63, 3.8) is 0 Å². The van der Waals surface area contributed by atoms with Crippen LogP contribution < -0.4 is 21.1 Å². The fraction of sp³-hybridized carbons (Fsp3) is 0.535. The molecule has 4 N–H and O–H groups in total. The lowest BCUT2D eigenvalue weighted by Crippen LogP contribution is -2.42. The lowest BCUT2D eigenvalue weighted by atomic mass is 9.91. The number of amidine groups is 1. The van der Waals surface area contributed by atoms with Crippen LogP contribution in [0.4, 0.5) is 20.6 Å². The van der Waals surface area contributed by atoms with E-state index in [-0.39, 0.29) is 28.6 Å². The van der Waals surface area contributed by atoms with Gasteiger partial charge >= 0.3 is 6.09 Å². The molecule has 1 fully saturated rings. The van der Waals surface area contributed by atoms with Crippen LogP contribution in [0.1, 0.15) is 64.5 Å². The largest absolute Gasteiger partial charge is 0.475 e. The van der Waals surface area contributed by atoms with Crippen LogP contribution in [0.25, 0.3) is 16.6 Å². The third-order valence-electron chi connectivity index (χ3n) is 9.54. The van der Waals surface area contributed by atoms with Crippen LogP contribution in [0, 0.1) is 5.82 Å². The number of anilines is 1. The summed E-state index contributed by atoms with van der Waals surface area (Å²) in [5.41, 5.74) is 11.2. The number of hydrogen-bond acceptors (Lipinski definition) is 12. The summed E-state index contributed by atoms with van der Waals surface area (Å²) in [5.74, 6) is 0.145. The van der Waals surface area contributed by atoms with Crippen LogP contribution in [0.15, 0.2) is 53.9 Å². The van der Waals surface area contributed by atoms with Crippen molar-refractivity contribution in [3.05, 3.63) is 70.9 Å². The Morgan fingerprint density at radius 1 is 0.917 bits per heavy atom. The van der Waals surface area contributed by atoms with E-state index >= 15 is 0 Å². The van der Waals surface area contributed by atoms with Crippen molar-refractivity contribution in [1.82, 2.24) is 19.9 Å². The van der Waals surface area contributed by atoms with Crippen molar-refractivity contribution in [2.45, 2.75) is 77.5 Å². The van der Waals surface area contributed by atoms with E-state index in [1.165, 1.54) is 18.2 Å². The van der Waals surface area contributed by atoms with E-state index in [0.29, 0.717) is 77.5 Å². The van der Waals surface area contributed by atoms with E-state index in [0.717, 1.165) is 60.0 Å². The summed E-state index contributed by atoms with van der Waals surface area (Å²) in [6.45, 7) is 12.4. The first-order valence-electron chi connectivity index (χ1n) is 20.4. The molecule has 4 aromatic rings. The number of aromatic nitrogens is 3. The molecule has 1 aliphatic carbocycles. The molecule has 0 bridgehead atoms. The molecule has 0 aliphatic heterocycles. The molecule has 60 heavy (non-hydrogen) atoms. The number of carbonyl (C=O) groups excluding carboxylic acids is 1. The number of rotatable bonds is 23. The first-order valence-corrected chi connectivity index (χ1v) is 20.8. The number of amides is 1. The van der Waals surface area contributed by atoms with Crippen LogP contribution in [0.5, 0.6) is 5.88 Å². The number of carbonyl (C=O) groups is 1. The van der Waals surface area contributed by atoms with Gasteiger partial charge in [0, 0.05) is 54.8 Å². The molecular formula is C43H59ClFN7O8. The quantitative estimate of drug-likeness (QED) is 0.0392. The molecule has 1 amide bonds. The molecule has 3 heterocycles. The zero-order valence-electron chi connectivity index (χ0n) is 35.3. The molecule has 3 aromatic heterocycles. The van der Waals surface area contributed by atoms with Gasteiger partial charge in [0.2, 0.25) is 5.88 Å². The van der Waals surface area contributed by atoms with Gasteiger partial charge in [-0.2, -0.15) is 5.10 Å². The minimum atomic E-state index is -0.576. The lowest BCUT2D eigenvalue weighted by Gasteiger charge is -2.31. The number of ether oxygens (including phenoxy) is 7. The lowest BCUT2D eigenvalue weighted by molar-refractivity contribution is -0.00987. The average Bonchev–Trinajstić information content (AvgIpc) is 3.65. The SMILES string of the molecule is CCc1cc(OCCOCCOCCOCCOCCOC)ncc1-c1cc2c(N[C@H]3CC[C@H](NC(=O)OC(C)(C)C)CC3)c(C(N)=Nc3cc(F)ccc3Cl)cnn2c1. The van der Waals surface area contributed by atoms with E-state index < -0.39 is 17.5 Å². The fourth-order valence-electron chi connectivity index (χ4n) is 6.59. The van der Waals surface area contributed by atoms with Crippen LogP contribution in [0.3, 0.4) is 0 Å². The molecular weight excluding hydrogens is 797 g/mol. The highest BCUT2D eigenvalue weighted by Crippen LogP contribution is 2.34. The number of nitrogens with two attached hydrogens (primary N) is 1. The molecule has 328 valence electrons. The number of alkyl carbamates (subject to hydrolysis) is 1. The second-order valence-corrected chi connectivity index (χ2v) is 15.7.